The van der Waals surface area contributed by atoms with Gasteiger partial charge in [-0.3, -0.25) is 4.79 Å². The molecular weight excluding hydrogens is 346 g/mol. The van der Waals surface area contributed by atoms with E-state index >= 15 is 0 Å². The maximum absolute atomic E-state index is 12.8. The number of amides is 1. The van der Waals surface area contributed by atoms with E-state index in [2.05, 4.69) is 44.5 Å². The Bertz CT molecular complexity index is 883. The van der Waals surface area contributed by atoms with Crippen molar-refractivity contribution in [3.05, 3.63) is 47.4 Å². The van der Waals surface area contributed by atoms with Crippen molar-refractivity contribution in [3.8, 4) is 0 Å². The quantitative estimate of drug-likeness (QED) is 0.725. The van der Waals surface area contributed by atoms with Crippen molar-refractivity contribution in [2.45, 2.75) is 6.42 Å². The zero-order valence-corrected chi connectivity index (χ0v) is 15.7. The molecule has 0 atom stereocenters. The molecule has 6 nitrogen and oxygen atoms in total. The van der Waals surface area contributed by atoms with Gasteiger partial charge in [0, 0.05) is 73.9 Å². The van der Waals surface area contributed by atoms with Crippen LogP contribution in [0.3, 0.4) is 0 Å². The Hall–Kier alpha value is -2.38. The van der Waals surface area contributed by atoms with E-state index in [1.807, 2.05) is 7.05 Å². The van der Waals surface area contributed by atoms with Crippen LogP contribution in [0.1, 0.15) is 15.4 Å². The Morgan fingerprint density at radius 1 is 1.35 bits per heavy atom. The number of hydrogen-bond donors (Lipinski definition) is 2. The second kappa shape index (κ2) is 7.47. The fraction of sp³-hybridized carbons (Fsp3) is 0.368. The number of nitrogens with one attached hydrogen (secondary N) is 2. The average molecular weight is 369 g/mol. The Balaban J connectivity index is 1.53. The van der Waals surface area contributed by atoms with Gasteiger partial charge in [-0.2, -0.15) is 0 Å². The lowest BCUT2D eigenvalue weighted by Crippen LogP contribution is -2.43. The van der Waals surface area contributed by atoms with E-state index in [1.165, 1.54) is 15.8 Å². The van der Waals surface area contributed by atoms with E-state index in [0.717, 1.165) is 43.2 Å². The molecule has 1 fully saturated rings. The molecule has 3 heterocycles. The number of rotatable bonds is 5. The molecule has 1 aliphatic rings. The molecule has 0 unspecified atom stereocenters. The van der Waals surface area contributed by atoms with Gasteiger partial charge in [-0.25, -0.2) is 4.98 Å². The maximum Gasteiger partial charge on any atom is 0.263 e. The molecule has 7 heteroatoms. The number of fused-ring (bicyclic) bond motifs is 1. The van der Waals surface area contributed by atoms with Crippen molar-refractivity contribution in [2.75, 3.05) is 44.7 Å². The molecule has 26 heavy (non-hydrogen) atoms. The summed E-state index contributed by atoms with van der Waals surface area (Å²) in [7, 11) is 1.86. The molecule has 0 aliphatic carbocycles. The molecule has 0 bridgehead atoms. The summed E-state index contributed by atoms with van der Waals surface area (Å²) in [5, 5.41) is 4.57. The van der Waals surface area contributed by atoms with Gasteiger partial charge in [0.05, 0.1) is 11.2 Å². The van der Waals surface area contributed by atoms with Gasteiger partial charge < -0.3 is 20.1 Å². The van der Waals surface area contributed by atoms with Crippen LogP contribution in [0.25, 0.3) is 10.1 Å². The van der Waals surface area contributed by atoms with Crippen molar-refractivity contribution < 1.29 is 4.79 Å². The highest BCUT2D eigenvalue weighted by molar-refractivity contribution is 7.20. The first kappa shape index (κ1) is 17.1. The van der Waals surface area contributed by atoms with Gasteiger partial charge in [-0.15, -0.1) is 11.3 Å². The first-order valence-electron chi connectivity index (χ1n) is 8.93. The number of imidazole rings is 1. The summed E-state index contributed by atoms with van der Waals surface area (Å²) in [4.78, 5) is 24.9. The average Bonchev–Trinajstić information content (AvgIpc) is 3.35. The van der Waals surface area contributed by atoms with Gasteiger partial charge in [0.1, 0.15) is 0 Å². The number of carbonyl (C=O) groups is 1. The first-order chi connectivity index (χ1) is 12.7. The summed E-state index contributed by atoms with van der Waals surface area (Å²) in [5.74, 6) is 0.0805. The van der Waals surface area contributed by atoms with Crippen LogP contribution < -0.4 is 10.2 Å². The predicted octanol–water partition coefficient (Wildman–Crippen LogP) is 2.35. The summed E-state index contributed by atoms with van der Waals surface area (Å²) in [6, 6.07) is 8.42. The Labute approximate surface area is 156 Å². The second-order valence-electron chi connectivity index (χ2n) is 6.59. The topological polar surface area (TPSA) is 64.3 Å². The summed E-state index contributed by atoms with van der Waals surface area (Å²) in [5.41, 5.74) is 2.28. The standard InChI is InChI=1S/C19H23N5OS/c1-23(8-5-14-12-21-13-22-14)19(25)18-11-15-16(3-2-4-17(15)26-18)24-9-6-20-7-10-24/h2-4,11-13,20H,5-10H2,1H3,(H,21,22). The zero-order valence-electron chi connectivity index (χ0n) is 14.9. The molecule has 0 spiro atoms. The molecule has 1 saturated heterocycles. The van der Waals surface area contributed by atoms with Crippen LogP contribution in [0.15, 0.2) is 36.8 Å². The van der Waals surface area contributed by atoms with E-state index in [1.54, 1.807) is 28.8 Å². The van der Waals surface area contributed by atoms with Crippen LogP contribution in [-0.2, 0) is 6.42 Å². The van der Waals surface area contributed by atoms with Crippen LogP contribution in [0, 0.1) is 0 Å². The molecule has 3 aromatic rings. The van der Waals surface area contributed by atoms with E-state index in [4.69, 9.17) is 0 Å². The molecule has 1 aromatic carbocycles. The molecule has 4 rings (SSSR count). The summed E-state index contributed by atoms with van der Waals surface area (Å²) in [6.07, 6.45) is 4.25. The third-order valence-corrected chi connectivity index (χ3v) is 5.91. The van der Waals surface area contributed by atoms with E-state index in [-0.39, 0.29) is 5.91 Å². The van der Waals surface area contributed by atoms with E-state index in [9.17, 15) is 4.79 Å². The van der Waals surface area contributed by atoms with Crippen molar-refractivity contribution in [2.24, 2.45) is 0 Å². The maximum atomic E-state index is 12.8. The highest BCUT2D eigenvalue weighted by atomic mass is 32.1. The van der Waals surface area contributed by atoms with Crippen LogP contribution >= 0.6 is 11.3 Å². The monoisotopic (exact) mass is 369 g/mol. The Morgan fingerprint density at radius 2 is 2.19 bits per heavy atom. The minimum atomic E-state index is 0.0805. The number of H-pyrrole nitrogens is 1. The fourth-order valence-electron chi connectivity index (χ4n) is 3.33. The second-order valence-corrected chi connectivity index (χ2v) is 7.67. The summed E-state index contributed by atoms with van der Waals surface area (Å²) in [6.45, 7) is 4.68. The molecule has 1 aliphatic heterocycles. The number of anilines is 1. The third kappa shape index (κ3) is 3.45. The SMILES string of the molecule is CN(CCc1cnc[nH]1)C(=O)c1cc2c(N3CCNCC3)cccc2s1. The van der Waals surface area contributed by atoms with E-state index < -0.39 is 0 Å². The zero-order chi connectivity index (χ0) is 17.9. The number of nitrogens with zero attached hydrogens (tertiary/aromatic N) is 3. The van der Waals surface area contributed by atoms with Crippen molar-refractivity contribution in [1.82, 2.24) is 20.2 Å². The largest absolute Gasteiger partial charge is 0.368 e. The molecule has 0 radical (unpaired) electrons. The van der Waals surface area contributed by atoms with Gasteiger partial charge in [-0.05, 0) is 18.2 Å². The van der Waals surface area contributed by atoms with Crippen LogP contribution in [-0.4, -0.2) is 60.5 Å². The number of piperazine rings is 1. The number of hydrogen-bond acceptors (Lipinski definition) is 5. The molecule has 0 saturated carbocycles. The van der Waals surface area contributed by atoms with Crippen LogP contribution in [0.4, 0.5) is 5.69 Å². The van der Waals surface area contributed by atoms with Gasteiger partial charge >= 0.3 is 0 Å². The number of aromatic nitrogens is 2. The normalized spacial score (nSPS) is 14.7. The molecule has 2 aromatic heterocycles. The van der Waals surface area contributed by atoms with Gasteiger partial charge in [0.2, 0.25) is 0 Å². The number of benzene rings is 1. The van der Waals surface area contributed by atoms with Crippen LogP contribution in [0.2, 0.25) is 0 Å². The molecule has 1 amide bonds. The lowest BCUT2D eigenvalue weighted by molar-refractivity contribution is 0.0801. The lowest BCUT2D eigenvalue weighted by Gasteiger charge is -2.30. The Morgan fingerprint density at radius 3 is 2.96 bits per heavy atom. The van der Waals surface area contributed by atoms with E-state index in [0.29, 0.717) is 6.54 Å². The smallest absolute Gasteiger partial charge is 0.263 e. The highest BCUT2D eigenvalue weighted by Gasteiger charge is 2.19. The minimum Gasteiger partial charge on any atom is -0.368 e. The molecule has 136 valence electrons. The van der Waals surface area contributed by atoms with Gasteiger partial charge in [0.25, 0.3) is 5.91 Å². The molecule has 2 N–H and O–H groups in total. The number of aromatic amines is 1. The number of likely N-dealkylation sites (N-methyl/N-ethyl adjacent to an activating group) is 1. The minimum absolute atomic E-state index is 0.0805. The van der Waals surface area contributed by atoms with Crippen molar-refractivity contribution >= 4 is 33.0 Å². The first-order valence-corrected chi connectivity index (χ1v) is 9.75. The van der Waals surface area contributed by atoms with Crippen LogP contribution in [0.5, 0.6) is 0 Å². The van der Waals surface area contributed by atoms with Gasteiger partial charge in [0.15, 0.2) is 0 Å². The van der Waals surface area contributed by atoms with Crippen molar-refractivity contribution in [3.63, 3.8) is 0 Å². The fourth-order valence-corrected chi connectivity index (χ4v) is 4.41. The predicted molar refractivity (Wildman–Crippen MR) is 106 cm³/mol. The van der Waals surface area contributed by atoms with Crippen molar-refractivity contribution in [1.29, 1.82) is 0 Å². The summed E-state index contributed by atoms with van der Waals surface area (Å²) >= 11 is 1.58. The summed E-state index contributed by atoms with van der Waals surface area (Å²) < 4.78 is 1.17. The highest BCUT2D eigenvalue weighted by Crippen LogP contribution is 2.34. The lowest BCUT2D eigenvalue weighted by atomic mass is 10.1. The van der Waals surface area contributed by atoms with Gasteiger partial charge in [-0.1, -0.05) is 6.07 Å². The number of carbonyl (C=O) groups excluding carboxylic acids is 1. The Kier molecular flexibility index (Phi) is 4.90. The number of thiophene rings is 1. The molecular formula is C19H23N5OS. The third-order valence-electron chi connectivity index (χ3n) is 4.83.